The molecule has 1 aliphatic carbocycles. The van der Waals surface area contributed by atoms with Crippen molar-refractivity contribution in [3.05, 3.63) is 75.6 Å². The zero-order chi connectivity index (χ0) is 25.0. The van der Waals surface area contributed by atoms with E-state index in [0.29, 0.717) is 10.6 Å². The number of nitrogens with one attached hydrogen (secondary N) is 2. The molecule has 1 aromatic heterocycles. The molecule has 35 heavy (non-hydrogen) atoms. The van der Waals surface area contributed by atoms with Crippen LogP contribution in [0.5, 0.6) is 0 Å². The minimum atomic E-state index is -4.18. The normalized spacial score (nSPS) is 18.3. The van der Waals surface area contributed by atoms with Crippen LogP contribution in [0.3, 0.4) is 0 Å². The van der Waals surface area contributed by atoms with Gasteiger partial charge in [0.2, 0.25) is 0 Å². The van der Waals surface area contributed by atoms with Gasteiger partial charge in [-0.1, -0.05) is 36.7 Å². The summed E-state index contributed by atoms with van der Waals surface area (Å²) in [6, 6.07) is 8.93. The van der Waals surface area contributed by atoms with Crippen molar-refractivity contribution in [3.63, 3.8) is 0 Å². The SMILES string of the molecule is CCN[C@@H]1CCC=C(c2ccc(F)cc2)C1CSc1cc(F)c(S(=O)(=O)Nc2cscn2)cc1Cl. The van der Waals surface area contributed by atoms with Gasteiger partial charge in [-0.05, 0) is 54.8 Å². The number of nitrogens with zero attached hydrogens (tertiary/aromatic N) is 1. The molecule has 0 saturated carbocycles. The zero-order valence-corrected chi connectivity index (χ0v) is 22.0. The van der Waals surface area contributed by atoms with Crippen LogP contribution in [0.2, 0.25) is 5.02 Å². The standard InChI is InChI=1S/C24H24ClF2N3O2S3/c1-2-28-21-5-3-4-17(15-6-8-16(26)9-7-15)18(21)12-34-22-11-20(27)23(10-19(22)25)35(31,32)30-24-13-33-14-29-24/h4,6-11,13-14,18,21,28,30H,2-3,5,12H2,1H3/t18?,21-/m1/s1. The molecule has 2 atom stereocenters. The van der Waals surface area contributed by atoms with E-state index in [1.54, 1.807) is 12.1 Å². The second-order valence-corrected chi connectivity index (χ2v) is 11.9. The first-order valence-corrected chi connectivity index (χ1v) is 14.8. The highest BCUT2D eigenvalue weighted by Crippen LogP contribution is 2.39. The third-order valence-corrected chi connectivity index (χ3v) is 9.29. The van der Waals surface area contributed by atoms with Crippen molar-refractivity contribution in [3.8, 4) is 0 Å². The van der Waals surface area contributed by atoms with E-state index < -0.39 is 20.7 Å². The van der Waals surface area contributed by atoms with E-state index >= 15 is 0 Å². The van der Waals surface area contributed by atoms with E-state index in [1.807, 2.05) is 6.92 Å². The molecule has 1 heterocycles. The van der Waals surface area contributed by atoms with Crippen molar-refractivity contribution in [1.29, 1.82) is 0 Å². The van der Waals surface area contributed by atoms with Crippen LogP contribution in [0.1, 0.15) is 25.3 Å². The van der Waals surface area contributed by atoms with Crippen LogP contribution < -0.4 is 10.0 Å². The predicted molar refractivity (Wildman–Crippen MR) is 140 cm³/mol. The fourth-order valence-corrected chi connectivity index (χ4v) is 7.33. The summed E-state index contributed by atoms with van der Waals surface area (Å²) in [6.45, 7) is 2.85. The monoisotopic (exact) mass is 555 g/mol. The molecule has 0 saturated heterocycles. The largest absolute Gasteiger partial charge is 0.314 e. The highest BCUT2D eigenvalue weighted by atomic mass is 35.5. The maximum atomic E-state index is 14.9. The number of aromatic nitrogens is 1. The molecule has 4 rings (SSSR count). The molecule has 0 amide bonds. The van der Waals surface area contributed by atoms with Gasteiger partial charge in [-0.2, -0.15) is 0 Å². The quantitative estimate of drug-likeness (QED) is 0.297. The lowest BCUT2D eigenvalue weighted by Gasteiger charge is -2.33. The third-order valence-electron chi connectivity index (χ3n) is 5.74. The van der Waals surface area contributed by atoms with Gasteiger partial charge < -0.3 is 5.32 Å². The van der Waals surface area contributed by atoms with Crippen LogP contribution in [0.25, 0.3) is 5.57 Å². The van der Waals surface area contributed by atoms with Gasteiger partial charge in [0.15, 0.2) is 5.82 Å². The number of anilines is 1. The molecular weight excluding hydrogens is 532 g/mol. The average Bonchev–Trinajstić information content (AvgIpc) is 3.33. The lowest BCUT2D eigenvalue weighted by atomic mass is 9.81. The summed E-state index contributed by atoms with van der Waals surface area (Å²) in [4.78, 5) is 3.80. The number of thioether (sulfide) groups is 1. The summed E-state index contributed by atoms with van der Waals surface area (Å²) < 4.78 is 55.9. The number of rotatable bonds is 9. The van der Waals surface area contributed by atoms with Crippen LogP contribution >= 0.6 is 34.7 Å². The summed E-state index contributed by atoms with van der Waals surface area (Å²) in [7, 11) is -4.18. The van der Waals surface area contributed by atoms with Crippen LogP contribution in [0, 0.1) is 17.6 Å². The van der Waals surface area contributed by atoms with Gasteiger partial charge in [-0.25, -0.2) is 22.2 Å². The topological polar surface area (TPSA) is 71.1 Å². The molecule has 0 aliphatic heterocycles. The average molecular weight is 556 g/mol. The van der Waals surface area contributed by atoms with E-state index in [9.17, 15) is 17.2 Å². The lowest BCUT2D eigenvalue weighted by Crippen LogP contribution is -2.39. The van der Waals surface area contributed by atoms with Crippen molar-refractivity contribution in [1.82, 2.24) is 10.3 Å². The Bertz CT molecular complexity index is 1300. The number of sulfonamides is 1. The Balaban J connectivity index is 1.56. The van der Waals surface area contributed by atoms with Gasteiger partial charge in [0.1, 0.15) is 16.5 Å². The molecule has 11 heteroatoms. The van der Waals surface area contributed by atoms with E-state index in [4.69, 9.17) is 11.6 Å². The van der Waals surface area contributed by atoms with Gasteiger partial charge >= 0.3 is 0 Å². The number of benzene rings is 2. The van der Waals surface area contributed by atoms with Gasteiger partial charge in [-0.3, -0.25) is 4.72 Å². The summed E-state index contributed by atoms with van der Waals surface area (Å²) in [6.07, 6.45) is 4.03. The summed E-state index contributed by atoms with van der Waals surface area (Å²) >= 11 is 9.00. The van der Waals surface area contributed by atoms with E-state index in [0.717, 1.165) is 42.7 Å². The Morgan fingerprint density at radius 3 is 2.69 bits per heavy atom. The van der Waals surface area contributed by atoms with Crippen LogP contribution in [-0.4, -0.2) is 31.7 Å². The Hall–Kier alpha value is -1.98. The minimum absolute atomic E-state index is 0.0769. The molecule has 0 radical (unpaired) electrons. The van der Waals surface area contributed by atoms with Crippen LogP contribution in [0.4, 0.5) is 14.6 Å². The molecule has 3 aromatic rings. The molecule has 1 aliphatic rings. The number of hydrogen-bond acceptors (Lipinski definition) is 6. The van der Waals surface area contributed by atoms with E-state index in [2.05, 4.69) is 21.1 Å². The molecule has 0 fully saturated rings. The lowest BCUT2D eigenvalue weighted by molar-refractivity contribution is 0.416. The van der Waals surface area contributed by atoms with Crippen LogP contribution in [-0.2, 0) is 10.0 Å². The highest BCUT2D eigenvalue weighted by Gasteiger charge is 2.29. The summed E-state index contributed by atoms with van der Waals surface area (Å²) in [5.74, 6) is -0.394. The number of halogens is 3. The molecule has 0 bridgehead atoms. The highest BCUT2D eigenvalue weighted by molar-refractivity contribution is 7.99. The number of allylic oxidation sites excluding steroid dienone is 1. The van der Waals surface area contributed by atoms with E-state index in [1.165, 1.54) is 46.1 Å². The predicted octanol–water partition coefficient (Wildman–Crippen LogP) is 6.44. The summed E-state index contributed by atoms with van der Waals surface area (Å²) in [5.41, 5.74) is 3.53. The minimum Gasteiger partial charge on any atom is -0.314 e. The first kappa shape index (κ1) is 26.1. The van der Waals surface area contributed by atoms with Gasteiger partial charge in [0.25, 0.3) is 10.0 Å². The fraction of sp³-hybridized carbons (Fsp3) is 0.292. The van der Waals surface area contributed by atoms with Gasteiger partial charge in [0.05, 0.1) is 10.5 Å². The Morgan fingerprint density at radius 2 is 2.00 bits per heavy atom. The van der Waals surface area contributed by atoms with Crippen molar-refractivity contribution in [2.45, 2.75) is 35.6 Å². The second-order valence-electron chi connectivity index (χ2n) is 8.02. The fourth-order valence-electron chi connectivity index (χ4n) is 4.14. The Labute approximate surface area is 217 Å². The van der Waals surface area contributed by atoms with Crippen molar-refractivity contribution >= 4 is 56.1 Å². The summed E-state index contributed by atoms with van der Waals surface area (Å²) in [5, 5.41) is 5.19. The number of thiazole rings is 1. The first-order valence-electron chi connectivity index (χ1n) is 11.0. The van der Waals surface area contributed by atoms with E-state index in [-0.39, 0.29) is 28.6 Å². The Kier molecular flexibility index (Phi) is 8.49. The molecule has 2 aromatic carbocycles. The molecular formula is C24H24ClF2N3O2S3. The van der Waals surface area contributed by atoms with Crippen molar-refractivity contribution in [2.75, 3.05) is 17.0 Å². The Morgan fingerprint density at radius 1 is 1.23 bits per heavy atom. The zero-order valence-electron chi connectivity index (χ0n) is 18.8. The molecule has 2 N–H and O–H groups in total. The molecule has 0 spiro atoms. The van der Waals surface area contributed by atoms with Crippen molar-refractivity contribution in [2.24, 2.45) is 5.92 Å². The second kappa shape index (κ2) is 11.4. The molecule has 5 nitrogen and oxygen atoms in total. The first-order chi connectivity index (χ1) is 16.8. The van der Waals surface area contributed by atoms with Crippen LogP contribution in [0.15, 0.2) is 63.2 Å². The maximum absolute atomic E-state index is 14.9. The molecule has 186 valence electrons. The number of hydrogen-bond donors (Lipinski definition) is 2. The molecule has 1 unspecified atom stereocenters. The van der Waals surface area contributed by atoms with Gasteiger partial charge in [0, 0.05) is 28.0 Å². The maximum Gasteiger partial charge on any atom is 0.266 e. The third kappa shape index (κ3) is 6.24. The van der Waals surface area contributed by atoms with Gasteiger partial charge in [-0.15, -0.1) is 23.1 Å². The van der Waals surface area contributed by atoms with Crippen molar-refractivity contribution < 1.29 is 17.2 Å². The smallest absolute Gasteiger partial charge is 0.266 e.